The molecule has 2 amide bonds. The number of amides is 2. The second-order valence-corrected chi connectivity index (χ2v) is 6.42. The fourth-order valence-corrected chi connectivity index (χ4v) is 3.53. The Morgan fingerprint density at radius 1 is 1.12 bits per heavy atom. The summed E-state index contributed by atoms with van der Waals surface area (Å²) >= 11 is 0. The van der Waals surface area contributed by atoms with Gasteiger partial charge in [-0.3, -0.25) is 14.5 Å². The first-order valence-corrected chi connectivity index (χ1v) is 8.30. The molecule has 2 aliphatic rings. The number of para-hydroxylation sites is 2. The first-order valence-electron chi connectivity index (χ1n) is 8.30. The zero-order chi connectivity index (χ0) is 17.6. The van der Waals surface area contributed by atoms with E-state index >= 15 is 0 Å². The van der Waals surface area contributed by atoms with Crippen LogP contribution >= 0.6 is 0 Å². The molecule has 5 heteroatoms. The lowest BCUT2D eigenvalue weighted by atomic mass is 9.95. The topological polar surface area (TPSA) is 61.4 Å². The predicted molar refractivity (Wildman–Crippen MR) is 97.2 cm³/mol. The van der Waals surface area contributed by atoms with Gasteiger partial charge < -0.3 is 10.6 Å². The monoisotopic (exact) mass is 333 g/mol. The Morgan fingerprint density at radius 3 is 2.56 bits per heavy atom. The van der Waals surface area contributed by atoms with Gasteiger partial charge in [-0.1, -0.05) is 42.0 Å². The minimum absolute atomic E-state index is 0.103. The normalized spacial score (nSPS) is 18.9. The van der Waals surface area contributed by atoms with E-state index in [9.17, 15) is 9.59 Å². The zero-order valence-electron chi connectivity index (χ0n) is 14.2. The first kappa shape index (κ1) is 15.4. The van der Waals surface area contributed by atoms with Crippen molar-refractivity contribution >= 4 is 23.2 Å². The number of hydrogen-bond acceptors (Lipinski definition) is 3. The third-order valence-corrected chi connectivity index (χ3v) is 4.71. The molecule has 0 spiro atoms. The van der Waals surface area contributed by atoms with Gasteiger partial charge in [0.15, 0.2) is 0 Å². The van der Waals surface area contributed by atoms with Crippen LogP contribution in [0.4, 0.5) is 11.4 Å². The van der Waals surface area contributed by atoms with E-state index in [4.69, 9.17) is 0 Å². The van der Waals surface area contributed by atoms with E-state index in [0.29, 0.717) is 12.1 Å². The van der Waals surface area contributed by atoms with Crippen molar-refractivity contribution in [3.8, 4) is 0 Å². The molecule has 2 aromatic carbocycles. The summed E-state index contributed by atoms with van der Waals surface area (Å²) in [7, 11) is 0. The van der Waals surface area contributed by atoms with Gasteiger partial charge in [-0.25, -0.2) is 0 Å². The highest BCUT2D eigenvalue weighted by Crippen LogP contribution is 2.42. The van der Waals surface area contributed by atoms with Crippen molar-refractivity contribution < 1.29 is 9.59 Å². The van der Waals surface area contributed by atoms with Crippen molar-refractivity contribution in [3.63, 3.8) is 0 Å². The van der Waals surface area contributed by atoms with Crippen molar-refractivity contribution in [2.45, 2.75) is 19.9 Å². The molecule has 0 aromatic heterocycles. The Morgan fingerprint density at radius 2 is 1.84 bits per heavy atom. The average Bonchev–Trinajstić information content (AvgIpc) is 2.87. The standard InChI is InChI=1S/C20H19N3O2/c1-12-7-9-14(10-8-12)19-18-16(11-21-20(18)25)22-15-5-3-4-6-17(15)23(19)13(2)24/h3-10,19,22H,11H2,1-2H3,(H,21,25). The molecule has 2 N–H and O–H groups in total. The summed E-state index contributed by atoms with van der Waals surface area (Å²) in [6.07, 6.45) is 0. The van der Waals surface area contributed by atoms with Crippen molar-refractivity contribution in [1.82, 2.24) is 5.32 Å². The van der Waals surface area contributed by atoms with Gasteiger partial charge in [0.25, 0.3) is 5.91 Å². The molecule has 1 unspecified atom stereocenters. The van der Waals surface area contributed by atoms with Crippen molar-refractivity contribution in [3.05, 3.63) is 70.9 Å². The average molecular weight is 333 g/mol. The van der Waals surface area contributed by atoms with Crippen LogP contribution in [-0.4, -0.2) is 18.4 Å². The second kappa shape index (κ2) is 5.77. The van der Waals surface area contributed by atoms with Crippen LogP contribution in [0.25, 0.3) is 0 Å². The summed E-state index contributed by atoms with van der Waals surface area (Å²) in [5.41, 5.74) is 5.10. The van der Waals surface area contributed by atoms with Crippen LogP contribution in [0.2, 0.25) is 0 Å². The molecule has 2 heterocycles. The van der Waals surface area contributed by atoms with Gasteiger partial charge in [0.05, 0.1) is 29.5 Å². The Bertz CT molecular complexity index is 899. The number of fused-ring (bicyclic) bond motifs is 1. The maximum absolute atomic E-state index is 12.6. The van der Waals surface area contributed by atoms with E-state index in [1.807, 2.05) is 55.5 Å². The van der Waals surface area contributed by atoms with Gasteiger partial charge >= 0.3 is 0 Å². The molecule has 126 valence electrons. The second-order valence-electron chi connectivity index (χ2n) is 6.42. The number of nitrogens with one attached hydrogen (secondary N) is 2. The zero-order valence-corrected chi connectivity index (χ0v) is 14.2. The molecule has 2 aliphatic heterocycles. The Labute approximate surface area is 146 Å². The Hall–Kier alpha value is -3.08. The van der Waals surface area contributed by atoms with Gasteiger partial charge in [-0.15, -0.1) is 0 Å². The van der Waals surface area contributed by atoms with Crippen LogP contribution in [-0.2, 0) is 9.59 Å². The van der Waals surface area contributed by atoms with Crippen LogP contribution in [0.5, 0.6) is 0 Å². The minimum atomic E-state index is -0.452. The SMILES string of the molecule is CC(=O)N1c2ccccc2NC2=C(C(=O)NC2)C1c1ccc(C)cc1. The molecule has 4 rings (SSSR count). The maximum atomic E-state index is 12.6. The van der Waals surface area contributed by atoms with Crippen molar-refractivity contribution in [2.75, 3.05) is 16.8 Å². The quantitative estimate of drug-likeness (QED) is 0.843. The summed E-state index contributed by atoms with van der Waals surface area (Å²) in [4.78, 5) is 26.9. The number of carbonyl (C=O) groups excluding carboxylic acids is 2. The van der Waals surface area contributed by atoms with E-state index in [1.165, 1.54) is 6.92 Å². The molecule has 0 radical (unpaired) electrons. The molecule has 0 saturated heterocycles. The summed E-state index contributed by atoms with van der Waals surface area (Å²) in [5, 5.41) is 6.23. The number of nitrogens with zero attached hydrogens (tertiary/aromatic N) is 1. The Balaban J connectivity index is 1.98. The molecule has 0 saturated carbocycles. The van der Waals surface area contributed by atoms with Crippen LogP contribution in [0.3, 0.4) is 0 Å². The maximum Gasteiger partial charge on any atom is 0.251 e. The van der Waals surface area contributed by atoms with E-state index in [0.717, 1.165) is 28.2 Å². The van der Waals surface area contributed by atoms with Crippen molar-refractivity contribution in [1.29, 1.82) is 0 Å². The van der Waals surface area contributed by atoms with Gasteiger partial charge in [-0.05, 0) is 24.6 Å². The fourth-order valence-electron chi connectivity index (χ4n) is 3.53. The number of aryl methyl sites for hydroxylation is 1. The van der Waals surface area contributed by atoms with Gasteiger partial charge in [0.2, 0.25) is 5.91 Å². The third kappa shape index (κ3) is 2.48. The van der Waals surface area contributed by atoms with Crippen molar-refractivity contribution in [2.24, 2.45) is 0 Å². The molecule has 0 bridgehead atoms. The fraction of sp³-hybridized carbons (Fsp3) is 0.200. The summed E-state index contributed by atoms with van der Waals surface area (Å²) in [5.74, 6) is -0.236. The van der Waals surface area contributed by atoms with E-state index < -0.39 is 6.04 Å². The number of rotatable bonds is 1. The molecular formula is C20H19N3O2. The minimum Gasteiger partial charge on any atom is -0.355 e. The molecule has 25 heavy (non-hydrogen) atoms. The largest absolute Gasteiger partial charge is 0.355 e. The molecular weight excluding hydrogens is 314 g/mol. The number of benzene rings is 2. The van der Waals surface area contributed by atoms with E-state index in [-0.39, 0.29) is 11.8 Å². The highest BCUT2D eigenvalue weighted by atomic mass is 16.2. The van der Waals surface area contributed by atoms with Gasteiger partial charge in [0, 0.05) is 12.6 Å². The summed E-state index contributed by atoms with van der Waals surface area (Å²) in [6.45, 7) is 4.00. The lowest BCUT2D eigenvalue weighted by molar-refractivity contribution is -0.117. The Kier molecular flexibility index (Phi) is 3.57. The lowest BCUT2D eigenvalue weighted by Gasteiger charge is -2.31. The summed E-state index contributed by atoms with van der Waals surface area (Å²) < 4.78 is 0. The number of anilines is 2. The smallest absolute Gasteiger partial charge is 0.251 e. The molecule has 5 nitrogen and oxygen atoms in total. The molecule has 0 fully saturated rings. The summed E-state index contributed by atoms with van der Waals surface area (Å²) in [6, 6.07) is 15.2. The van der Waals surface area contributed by atoms with E-state index in [2.05, 4.69) is 10.6 Å². The van der Waals surface area contributed by atoms with Crippen LogP contribution in [0.15, 0.2) is 59.8 Å². The van der Waals surface area contributed by atoms with Gasteiger partial charge in [-0.2, -0.15) is 0 Å². The van der Waals surface area contributed by atoms with E-state index in [1.54, 1.807) is 4.90 Å². The lowest BCUT2D eigenvalue weighted by Crippen LogP contribution is -2.36. The molecule has 1 atom stereocenters. The molecule has 2 aromatic rings. The predicted octanol–water partition coefficient (Wildman–Crippen LogP) is 2.90. The number of hydrogen-bond donors (Lipinski definition) is 2. The first-order chi connectivity index (χ1) is 12.1. The van der Waals surface area contributed by atoms with Crippen LogP contribution in [0.1, 0.15) is 24.1 Å². The highest BCUT2D eigenvalue weighted by molar-refractivity contribution is 6.05. The highest BCUT2D eigenvalue weighted by Gasteiger charge is 2.39. The van der Waals surface area contributed by atoms with Crippen LogP contribution < -0.4 is 15.5 Å². The van der Waals surface area contributed by atoms with Gasteiger partial charge in [0.1, 0.15) is 0 Å². The third-order valence-electron chi connectivity index (χ3n) is 4.71. The molecule has 0 aliphatic carbocycles. The number of carbonyl (C=O) groups is 2. The van der Waals surface area contributed by atoms with Crippen LogP contribution in [0, 0.1) is 6.92 Å².